The molecule has 0 aliphatic carbocycles. The SMILES string of the molecule is Cc1noc(C)c1CN1CC2(COCCN(c3cc(C(F)(F)F)ncn3)C2)CC1=O.O=C(O)C(F)(F)F. The predicted molar refractivity (Wildman–Crippen MR) is 112 cm³/mol. The Balaban J connectivity index is 0.000000479. The number of carboxylic acid groups (broad SMARTS) is 1. The van der Waals surface area contributed by atoms with Crippen molar-refractivity contribution in [3.63, 3.8) is 0 Å². The van der Waals surface area contributed by atoms with E-state index in [0.29, 0.717) is 45.2 Å². The quantitative estimate of drug-likeness (QED) is 0.587. The summed E-state index contributed by atoms with van der Waals surface area (Å²) in [7, 11) is 0. The molecule has 37 heavy (non-hydrogen) atoms. The number of carbonyl (C=O) groups is 2. The van der Waals surface area contributed by atoms with Gasteiger partial charge in [0.25, 0.3) is 0 Å². The molecule has 0 bridgehead atoms. The van der Waals surface area contributed by atoms with Crippen LogP contribution in [0.5, 0.6) is 0 Å². The van der Waals surface area contributed by atoms with Gasteiger partial charge in [-0.2, -0.15) is 26.3 Å². The molecule has 2 saturated heterocycles. The van der Waals surface area contributed by atoms with Crippen LogP contribution in [0.15, 0.2) is 16.9 Å². The van der Waals surface area contributed by atoms with Crippen molar-refractivity contribution < 1.29 is 50.3 Å². The largest absolute Gasteiger partial charge is 0.490 e. The Bertz CT molecular complexity index is 1120. The summed E-state index contributed by atoms with van der Waals surface area (Å²) in [6.07, 6.45) is -8.46. The second-order valence-electron chi connectivity index (χ2n) is 8.77. The number of aliphatic carboxylic acids is 1. The van der Waals surface area contributed by atoms with Crippen molar-refractivity contribution in [3.05, 3.63) is 35.1 Å². The van der Waals surface area contributed by atoms with Crippen LogP contribution in [-0.2, 0) is 27.0 Å². The van der Waals surface area contributed by atoms with Crippen molar-refractivity contribution in [1.29, 1.82) is 0 Å². The van der Waals surface area contributed by atoms with Crippen LogP contribution >= 0.6 is 0 Å². The molecule has 16 heteroatoms. The summed E-state index contributed by atoms with van der Waals surface area (Å²) in [5, 5.41) is 11.1. The first-order chi connectivity index (χ1) is 17.1. The molecule has 2 aromatic heterocycles. The smallest absolute Gasteiger partial charge is 0.475 e. The Labute approximate surface area is 206 Å². The molecule has 2 aromatic rings. The number of amides is 1. The lowest BCUT2D eigenvalue weighted by atomic mass is 9.87. The van der Waals surface area contributed by atoms with Gasteiger partial charge in [0, 0.05) is 43.1 Å². The van der Waals surface area contributed by atoms with Gasteiger partial charge in [-0.1, -0.05) is 5.16 Å². The molecule has 1 spiro atoms. The molecule has 1 N–H and O–H groups in total. The van der Waals surface area contributed by atoms with Gasteiger partial charge < -0.3 is 24.2 Å². The number of aromatic nitrogens is 3. The lowest BCUT2D eigenvalue weighted by Gasteiger charge is -2.32. The standard InChI is InChI=1S/C19H22F3N5O3.C2HF3O2/c1-12-14(13(2)30-25-12)7-27-9-18(6-17(27)28)8-26(3-4-29-10-18)16-5-15(19(20,21)22)23-11-24-16;3-2(4,5)1(6)7/h5,11H,3-4,6-10H2,1-2H3;(H,6,7). The van der Waals surface area contributed by atoms with Gasteiger partial charge in [-0.25, -0.2) is 14.8 Å². The Morgan fingerprint density at radius 2 is 1.84 bits per heavy atom. The highest BCUT2D eigenvalue weighted by atomic mass is 19.4. The van der Waals surface area contributed by atoms with Gasteiger partial charge in [-0.15, -0.1) is 0 Å². The van der Waals surface area contributed by atoms with Crippen molar-refractivity contribution in [2.75, 3.05) is 37.7 Å². The third kappa shape index (κ3) is 6.87. The molecular weight excluding hydrogens is 516 g/mol. The number of aryl methyl sites for hydroxylation is 2. The summed E-state index contributed by atoms with van der Waals surface area (Å²) in [5.41, 5.74) is 0.0860. The van der Waals surface area contributed by atoms with Crippen molar-refractivity contribution in [3.8, 4) is 0 Å². The van der Waals surface area contributed by atoms with E-state index in [4.69, 9.17) is 19.2 Å². The number of hydrogen-bond acceptors (Lipinski definition) is 8. The molecule has 204 valence electrons. The Kier molecular flexibility index (Phi) is 8.00. The molecule has 2 aliphatic heterocycles. The van der Waals surface area contributed by atoms with Crippen LogP contribution in [0.3, 0.4) is 0 Å². The maximum atomic E-state index is 13.1. The summed E-state index contributed by atoms with van der Waals surface area (Å²) in [6.45, 7) is 5.88. The van der Waals surface area contributed by atoms with Crippen molar-refractivity contribution in [1.82, 2.24) is 20.0 Å². The highest BCUT2D eigenvalue weighted by Crippen LogP contribution is 2.37. The number of halogens is 6. The molecule has 1 unspecified atom stereocenters. The first-order valence-corrected chi connectivity index (χ1v) is 10.8. The molecule has 0 aromatic carbocycles. The fraction of sp³-hybridized carbons (Fsp3) is 0.571. The van der Waals surface area contributed by atoms with E-state index in [1.807, 2.05) is 6.92 Å². The number of anilines is 1. The van der Waals surface area contributed by atoms with Crippen LogP contribution < -0.4 is 4.90 Å². The number of nitrogens with zero attached hydrogens (tertiary/aromatic N) is 5. The zero-order valence-corrected chi connectivity index (χ0v) is 19.7. The molecule has 4 heterocycles. The number of carbonyl (C=O) groups excluding carboxylic acids is 1. The Morgan fingerprint density at radius 3 is 2.41 bits per heavy atom. The topological polar surface area (TPSA) is 122 Å². The minimum Gasteiger partial charge on any atom is -0.475 e. The number of likely N-dealkylation sites (tertiary alicyclic amines) is 1. The summed E-state index contributed by atoms with van der Waals surface area (Å²) >= 11 is 0. The van der Waals surface area contributed by atoms with Gasteiger partial charge in [0.2, 0.25) is 5.91 Å². The minimum absolute atomic E-state index is 0.0286. The maximum absolute atomic E-state index is 13.1. The molecule has 10 nitrogen and oxygen atoms in total. The molecular formula is C21H23F6N5O5. The second-order valence-corrected chi connectivity index (χ2v) is 8.77. The van der Waals surface area contributed by atoms with Gasteiger partial charge in [0.15, 0.2) is 0 Å². The molecule has 2 fully saturated rings. The van der Waals surface area contributed by atoms with Crippen LogP contribution in [0.1, 0.15) is 29.1 Å². The number of alkyl halides is 6. The van der Waals surface area contributed by atoms with E-state index in [0.717, 1.165) is 23.7 Å². The summed E-state index contributed by atoms with van der Waals surface area (Å²) < 4.78 is 81.8. The summed E-state index contributed by atoms with van der Waals surface area (Å²) in [6, 6.07) is 0.942. The predicted octanol–water partition coefficient (Wildman–Crippen LogP) is 2.99. The monoisotopic (exact) mass is 539 g/mol. The number of hydrogen-bond donors (Lipinski definition) is 1. The summed E-state index contributed by atoms with van der Waals surface area (Å²) in [4.78, 5) is 32.5. The first kappa shape index (κ1) is 28.1. The van der Waals surface area contributed by atoms with E-state index in [2.05, 4.69) is 15.1 Å². The average molecular weight is 539 g/mol. The molecule has 1 atom stereocenters. The van der Waals surface area contributed by atoms with Gasteiger partial charge >= 0.3 is 18.3 Å². The van der Waals surface area contributed by atoms with E-state index < -0.39 is 29.4 Å². The third-order valence-electron chi connectivity index (χ3n) is 5.89. The van der Waals surface area contributed by atoms with Crippen molar-refractivity contribution in [2.45, 2.75) is 39.2 Å². The molecule has 4 rings (SSSR count). The van der Waals surface area contributed by atoms with E-state index in [9.17, 15) is 31.1 Å². The number of rotatable bonds is 3. The van der Waals surface area contributed by atoms with E-state index >= 15 is 0 Å². The van der Waals surface area contributed by atoms with Gasteiger partial charge in [0.05, 0.1) is 25.5 Å². The first-order valence-electron chi connectivity index (χ1n) is 10.8. The van der Waals surface area contributed by atoms with Gasteiger partial charge in [-0.3, -0.25) is 4.79 Å². The Hall–Kier alpha value is -3.43. The highest BCUT2D eigenvalue weighted by Gasteiger charge is 2.46. The van der Waals surface area contributed by atoms with E-state index in [1.165, 1.54) is 0 Å². The fourth-order valence-electron chi connectivity index (χ4n) is 4.11. The average Bonchev–Trinajstić information content (AvgIpc) is 3.18. The lowest BCUT2D eigenvalue weighted by Crippen LogP contribution is -2.41. The highest BCUT2D eigenvalue weighted by molar-refractivity contribution is 5.79. The lowest BCUT2D eigenvalue weighted by molar-refractivity contribution is -0.192. The van der Waals surface area contributed by atoms with E-state index in [1.54, 1.807) is 16.7 Å². The molecule has 2 aliphatic rings. The normalized spacial score (nSPS) is 20.6. The van der Waals surface area contributed by atoms with Crippen molar-refractivity contribution >= 4 is 17.7 Å². The van der Waals surface area contributed by atoms with Crippen LogP contribution in [0.25, 0.3) is 0 Å². The maximum Gasteiger partial charge on any atom is 0.490 e. The number of carboxylic acids is 1. The van der Waals surface area contributed by atoms with Crippen LogP contribution in [0.4, 0.5) is 32.2 Å². The molecule has 1 amide bonds. The van der Waals surface area contributed by atoms with Crippen molar-refractivity contribution in [2.24, 2.45) is 5.41 Å². The molecule has 0 saturated carbocycles. The zero-order valence-electron chi connectivity index (χ0n) is 19.7. The van der Waals surface area contributed by atoms with E-state index in [-0.39, 0.29) is 18.1 Å². The molecule has 0 radical (unpaired) electrons. The Morgan fingerprint density at radius 1 is 1.16 bits per heavy atom. The van der Waals surface area contributed by atoms with Crippen LogP contribution in [0, 0.1) is 19.3 Å². The zero-order chi connectivity index (χ0) is 27.6. The van der Waals surface area contributed by atoms with Gasteiger partial charge in [-0.05, 0) is 13.8 Å². The third-order valence-corrected chi connectivity index (χ3v) is 5.89. The summed E-state index contributed by atoms with van der Waals surface area (Å²) in [5.74, 6) is -1.94. The fourth-order valence-corrected chi connectivity index (χ4v) is 4.11. The van der Waals surface area contributed by atoms with Gasteiger partial charge in [0.1, 0.15) is 23.6 Å². The minimum atomic E-state index is -5.08. The van der Waals surface area contributed by atoms with Crippen LogP contribution in [-0.4, -0.2) is 76.0 Å². The van der Waals surface area contributed by atoms with Crippen LogP contribution in [0.2, 0.25) is 0 Å². The second kappa shape index (κ2) is 10.5. The number of ether oxygens (including phenoxy) is 1.